The summed E-state index contributed by atoms with van der Waals surface area (Å²) in [6.07, 6.45) is 8.38. The van der Waals surface area contributed by atoms with E-state index < -0.39 is 0 Å². The first-order valence-corrected chi connectivity index (χ1v) is 7.28. The van der Waals surface area contributed by atoms with Crippen LogP contribution in [-0.2, 0) is 0 Å². The molecule has 2 fully saturated rings. The summed E-state index contributed by atoms with van der Waals surface area (Å²) >= 11 is 0. The van der Waals surface area contributed by atoms with E-state index in [1.807, 2.05) is 0 Å². The maximum atomic E-state index is 3.75. The maximum absolute atomic E-state index is 3.75. The van der Waals surface area contributed by atoms with Crippen molar-refractivity contribution in [2.24, 2.45) is 5.92 Å². The van der Waals surface area contributed by atoms with Crippen molar-refractivity contribution >= 4 is 0 Å². The Morgan fingerprint density at radius 1 is 1.19 bits per heavy atom. The molecule has 16 heavy (non-hydrogen) atoms. The molecule has 0 aromatic rings. The summed E-state index contributed by atoms with van der Waals surface area (Å²) in [4.78, 5) is 2.73. The van der Waals surface area contributed by atoms with Gasteiger partial charge in [0.15, 0.2) is 0 Å². The summed E-state index contributed by atoms with van der Waals surface area (Å²) < 4.78 is 0. The first-order chi connectivity index (χ1) is 7.81. The van der Waals surface area contributed by atoms with Gasteiger partial charge < -0.3 is 5.32 Å². The third-order valence-corrected chi connectivity index (χ3v) is 4.26. The number of unbranched alkanes of at least 4 members (excludes halogenated alkanes) is 2. The third kappa shape index (κ3) is 3.46. The molecule has 1 N–H and O–H groups in total. The van der Waals surface area contributed by atoms with Crippen molar-refractivity contribution < 1.29 is 0 Å². The highest BCUT2D eigenvalue weighted by atomic mass is 15.2. The van der Waals surface area contributed by atoms with Crippen molar-refractivity contribution in [1.29, 1.82) is 0 Å². The molecule has 2 unspecified atom stereocenters. The van der Waals surface area contributed by atoms with Gasteiger partial charge in [0.05, 0.1) is 0 Å². The predicted molar refractivity (Wildman–Crippen MR) is 69.7 cm³/mol. The lowest BCUT2D eigenvalue weighted by Crippen LogP contribution is -2.41. The molecule has 1 saturated heterocycles. The summed E-state index contributed by atoms with van der Waals surface area (Å²) in [6.45, 7) is 8.55. The van der Waals surface area contributed by atoms with Crippen LogP contribution in [-0.4, -0.2) is 36.6 Å². The van der Waals surface area contributed by atoms with Crippen molar-refractivity contribution in [3.05, 3.63) is 0 Å². The monoisotopic (exact) mass is 224 g/mol. The largest absolute Gasteiger partial charge is 0.312 e. The van der Waals surface area contributed by atoms with Crippen LogP contribution in [0.4, 0.5) is 0 Å². The van der Waals surface area contributed by atoms with Crippen LogP contribution in [0.5, 0.6) is 0 Å². The second-order valence-corrected chi connectivity index (χ2v) is 5.74. The summed E-state index contributed by atoms with van der Waals surface area (Å²) in [7, 11) is 0. The fraction of sp³-hybridized carbons (Fsp3) is 1.00. The number of hydrogen-bond acceptors (Lipinski definition) is 2. The van der Waals surface area contributed by atoms with E-state index in [4.69, 9.17) is 0 Å². The zero-order valence-electron chi connectivity index (χ0n) is 11.0. The van der Waals surface area contributed by atoms with E-state index in [1.54, 1.807) is 0 Å². The molecule has 2 nitrogen and oxygen atoms in total. The lowest BCUT2D eigenvalue weighted by molar-refractivity contribution is 0.195. The number of nitrogens with one attached hydrogen (secondary N) is 1. The number of hydrogen-bond donors (Lipinski definition) is 1. The van der Waals surface area contributed by atoms with Gasteiger partial charge in [-0.15, -0.1) is 0 Å². The molecule has 0 amide bonds. The van der Waals surface area contributed by atoms with Crippen LogP contribution in [0.3, 0.4) is 0 Å². The van der Waals surface area contributed by atoms with Crippen LogP contribution in [0.2, 0.25) is 0 Å². The molecule has 0 bridgehead atoms. The molecule has 0 spiro atoms. The molecule has 2 aliphatic rings. The SMILES string of the molecule is CCCCCN1CC(C2CC2)NCCC1C. The Labute approximate surface area is 101 Å². The van der Waals surface area contributed by atoms with Gasteiger partial charge in [0.1, 0.15) is 0 Å². The Morgan fingerprint density at radius 2 is 2.00 bits per heavy atom. The second kappa shape index (κ2) is 6.02. The summed E-state index contributed by atoms with van der Waals surface area (Å²) in [5.74, 6) is 0.999. The van der Waals surface area contributed by atoms with Gasteiger partial charge in [0.2, 0.25) is 0 Å². The molecule has 2 atom stereocenters. The minimum absolute atomic E-state index is 0.785. The average molecular weight is 224 g/mol. The molecule has 1 aliphatic heterocycles. The first kappa shape index (κ1) is 12.4. The zero-order valence-corrected chi connectivity index (χ0v) is 11.0. The smallest absolute Gasteiger partial charge is 0.0223 e. The lowest BCUT2D eigenvalue weighted by atomic mass is 10.1. The number of rotatable bonds is 5. The fourth-order valence-electron chi connectivity index (χ4n) is 2.85. The minimum atomic E-state index is 0.785. The van der Waals surface area contributed by atoms with Crippen molar-refractivity contribution in [2.45, 2.75) is 64.5 Å². The molecule has 0 radical (unpaired) electrons. The molecule has 1 heterocycles. The van der Waals surface area contributed by atoms with Crippen LogP contribution in [0, 0.1) is 5.92 Å². The third-order valence-electron chi connectivity index (χ3n) is 4.26. The van der Waals surface area contributed by atoms with E-state index in [0.29, 0.717) is 0 Å². The second-order valence-electron chi connectivity index (χ2n) is 5.74. The van der Waals surface area contributed by atoms with Crippen molar-refractivity contribution in [2.75, 3.05) is 19.6 Å². The molecular weight excluding hydrogens is 196 g/mol. The zero-order chi connectivity index (χ0) is 11.4. The van der Waals surface area contributed by atoms with E-state index >= 15 is 0 Å². The predicted octanol–water partition coefficient (Wildman–Crippen LogP) is 2.64. The molecular formula is C14H28N2. The Hall–Kier alpha value is -0.0800. The van der Waals surface area contributed by atoms with Crippen LogP contribution < -0.4 is 5.32 Å². The lowest BCUT2D eigenvalue weighted by Gasteiger charge is -2.29. The Kier molecular flexibility index (Phi) is 4.66. The van der Waals surface area contributed by atoms with Crippen LogP contribution >= 0.6 is 0 Å². The van der Waals surface area contributed by atoms with Crippen molar-refractivity contribution in [1.82, 2.24) is 10.2 Å². The van der Waals surface area contributed by atoms with E-state index in [9.17, 15) is 0 Å². The molecule has 2 rings (SSSR count). The minimum Gasteiger partial charge on any atom is -0.312 e. The number of nitrogens with zero attached hydrogens (tertiary/aromatic N) is 1. The Balaban J connectivity index is 1.80. The summed E-state index contributed by atoms with van der Waals surface area (Å²) in [5.41, 5.74) is 0. The van der Waals surface area contributed by atoms with Crippen LogP contribution in [0.25, 0.3) is 0 Å². The Bertz CT molecular complexity index is 201. The van der Waals surface area contributed by atoms with Gasteiger partial charge in [-0.3, -0.25) is 4.90 Å². The topological polar surface area (TPSA) is 15.3 Å². The van der Waals surface area contributed by atoms with Gasteiger partial charge in [-0.25, -0.2) is 0 Å². The fourth-order valence-corrected chi connectivity index (χ4v) is 2.85. The summed E-state index contributed by atoms with van der Waals surface area (Å²) in [6, 6.07) is 1.58. The normalized spacial score (nSPS) is 32.6. The molecule has 94 valence electrons. The van der Waals surface area contributed by atoms with Crippen LogP contribution in [0.1, 0.15) is 52.4 Å². The standard InChI is InChI=1S/C14H28N2/c1-3-4-5-10-16-11-14(13-6-7-13)15-9-8-12(16)2/h12-15H,3-11H2,1-2H3. The quantitative estimate of drug-likeness (QED) is 0.722. The van der Waals surface area contributed by atoms with Gasteiger partial charge in [-0.1, -0.05) is 19.8 Å². The summed E-state index contributed by atoms with van der Waals surface area (Å²) in [5, 5.41) is 3.75. The van der Waals surface area contributed by atoms with Crippen molar-refractivity contribution in [3.63, 3.8) is 0 Å². The molecule has 2 heteroatoms. The van der Waals surface area contributed by atoms with Gasteiger partial charge in [-0.05, 0) is 51.6 Å². The maximum Gasteiger partial charge on any atom is 0.0223 e. The highest BCUT2D eigenvalue weighted by Gasteiger charge is 2.34. The average Bonchev–Trinajstić information content (AvgIpc) is 3.08. The van der Waals surface area contributed by atoms with Crippen molar-refractivity contribution in [3.8, 4) is 0 Å². The molecule has 0 aromatic heterocycles. The molecule has 1 aliphatic carbocycles. The van der Waals surface area contributed by atoms with Gasteiger partial charge >= 0.3 is 0 Å². The molecule has 0 aromatic carbocycles. The van der Waals surface area contributed by atoms with E-state index in [1.165, 1.54) is 58.2 Å². The van der Waals surface area contributed by atoms with E-state index in [2.05, 4.69) is 24.1 Å². The van der Waals surface area contributed by atoms with Crippen LogP contribution in [0.15, 0.2) is 0 Å². The van der Waals surface area contributed by atoms with Gasteiger partial charge in [0.25, 0.3) is 0 Å². The first-order valence-electron chi connectivity index (χ1n) is 7.28. The molecule has 1 saturated carbocycles. The Morgan fingerprint density at radius 3 is 2.69 bits per heavy atom. The highest BCUT2D eigenvalue weighted by molar-refractivity contribution is 4.91. The van der Waals surface area contributed by atoms with Gasteiger partial charge in [0, 0.05) is 18.6 Å². The highest BCUT2D eigenvalue weighted by Crippen LogP contribution is 2.34. The van der Waals surface area contributed by atoms with E-state index in [-0.39, 0.29) is 0 Å². The van der Waals surface area contributed by atoms with E-state index in [0.717, 1.165) is 18.0 Å². The van der Waals surface area contributed by atoms with Gasteiger partial charge in [-0.2, -0.15) is 0 Å².